The molecule has 1 aromatic rings. The third-order valence-corrected chi connectivity index (χ3v) is 3.03. The van der Waals surface area contributed by atoms with Crippen molar-refractivity contribution in [1.82, 2.24) is 14.9 Å². The molecule has 116 valence electrons. The van der Waals surface area contributed by atoms with Crippen molar-refractivity contribution in [2.45, 2.75) is 38.4 Å². The maximum Gasteiger partial charge on any atom is 0.406 e. The summed E-state index contributed by atoms with van der Waals surface area (Å²) in [7, 11) is 0. The molecule has 1 saturated carbocycles. The Morgan fingerprint density at radius 3 is 2.57 bits per heavy atom. The fourth-order valence-corrected chi connectivity index (χ4v) is 1.88. The van der Waals surface area contributed by atoms with Gasteiger partial charge < -0.3 is 10.2 Å². The molecule has 1 N–H and O–H groups in total. The molecule has 0 radical (unpaired) electrons. The van der Waals surface area contributed by atoms with Gasteiger partial charge in [0.2, 0.25) is 0 Å². The van der Waals surface area contributed by atoms with Crippen LogP contribution >= 0.6 is 0 Å². The quantitative estimate of drug-likeness (QED) is 0.877. The summed E-state index contributed by atoms with van der Waals surface area (Å²) >= 11 is 0. The lowest BCUT2D eigenvalue weighted by atomic mass is 10.3. The van der Waals surface area contributed by atoms with E-state index in [2.05, 4.69) is 15.3 Å². The molecule has 1 fully saturated rings. The van der Waals surface area contributed by atoms with Gasteiger partial charge in [-0.1, -0.05) is 6.92 Å². The van der Waals surface area contributed by atoms with Gasteiger partial charge in [0.15, 0.2) is 0 Å². The van der Waals surface area contributed by atoms with E-state index in [9.17, 15) is 18.0 Å². The number of hydrogen-bond donors (Lipinski definition) is 1. The molecule has 1 aliphatic carbocycles. The molecule has 1 aromatic heterocycles. The van der Waals surface area contributed by atoms with E-state index >= 15 is 0 Å². The van der Waals surface area contributed by atoms with Gasteiger partial charge in [0.1, 0.15) is 18.1 Å². The summed E-state index contributed by atoms with van der Waals surface area (Å²) in [6, 6.07) is -0.334. The van der Waals surface area contributed by atoms with Crippen LogP contribution in [0.4, 0.5) is 19.0 Å². The second-order valence-corrected chi connectivity index (χ2v) is 4.99. The number of alkyl halides is 3. The first kappa shape index (κ1) is 15.5. The first-order chi connectivity index (χ1) is 9.90. The van der Waals surface area contributed by atoms with Gasteiger partial charge in [-0.15, -0.1) is 0 Å². The maximum absolute atomic E-state index is 12.5. The van der Waals surface area contributed by atoms with Gasteiger partial charge in [-0.25, -0.2) is 9.97 Å². The summed E-state index contributed by atoms with van der Waals surface area (Å²) in [5, 5.41) is 2.98. The van der Waals surface area contributed by atoms with E-state index in [-0.39, 0.29) is 11.7 Å². The third-order valence-electron chi connectivity index (χ3n) is 3.03. The van der Waals surface area contributed by atoms with Gasteiger partial charge in [-0.05, 0) is 19.3 Å². The number of nitrogens with one attached hydrogen (secondary N) is 1. The standard InChI is InChI=1S/C13H17F3N4O/c1-2-5-17-11-7-18-10(6-19-11)12(21)20(9-3-4-9)8-13(14,15)16/h6-7,9H,2-5,8H2,1H3,(H,17,19). The lowest BCUT2D eigenvalue weighted by Crippen LogP contribution is -2.40. The van der Waals surface area contributed by atoms with Crippen molar-refractivity contribution >= 4 is 11.7 Å². The number of anilines is 1. The lowest BCUT2D eigenvalue weighted by molar-refractivity contribution is -0.141. The first-order valence-corrected chi connectivity index (χ1v) is 6.84. The molecular weight excluding hydrogens is 285 g/mol. The molecular formula is C13H17F3N4O. The predicted molar refractivity (Wildman–Crippen MR) is 70.9 cm³/mol. The van der Waals surface area contributed by atoms with Crippen LogP contribution in [0.25, 0.3) is 0 Å². The van der Waals surface area contributed by atoms with E-state index in [1.54, 1.807) is 0 Å². The van der Waals surface area contributed by atoms with Crippen LogP contribution < -0.4 is 5.32 Å². The summed E-state index contributed by atoms with van der Waals surface area (Å²) in [5.41, 5.74) is -0.0619. The highest BCUT2D eigenvalue weighted by atomic mass is 19.4. The number of hydrogen-bond acceptors (Lipinski definition) is 4. The minimum Gasteiger partial charge on any atom is -0.369 e. The zero-order valence-corrected chi connectivity index (χ0v) is 11.7. The molecule has 0 atom stereocenters. The summed E-state index contributed by atoms with van der Waals surface area (Å²) in [6.07, 6.45) is 0.280. The van der Waals surface area contributed by atoms with Gasteiger partial charge >= 0.3 is 6.18 Å². The second kappa shape index (κ2) is 6.28. The number of nitrogens with zero attached hydrogens (tertiary/aromatic N) is 3. The van der Waals surface area contributed by atoms with Gasteiger partial charge in [-0.2, -0.15) is 13.2 Å². The number of carbonyl (C=O) groups is 1. The third kappa shape index (κ3) is 4.57. The Bertz CT molecular complexity index is 485. The van der Waals surface area contributed by atoms with E-state index in [4.69, 9.17) is 0 Å². The van der Waals surface area contributed by atoms with Gasteiger partial charge in [0.25, 0.3) is 5.91 Å². The predicted octanol–water partition coefficient (Wildman–Crippen LogP) is 2.47. The van der Waals surface area contributed by atoms with Crippen molar-refractivity contribution in [1.29, 1.82) is 0 Å². The first-order valence-electron chi connectivity index (χ1n) is 6.84. The Balaban J connectivity index is 2.06. The topological polar surface area (TPSA) is 58.1 Å². The van der Waals surface area contributed by atoms with Gasteiger partial charge in [-0.3, -0.25) is 4.79 Å². The second-order valence-electron chi connectivity index (χ2n) is 4.99. The van der Waals surface area contributed by atoms with Crippen LogP contribution in [0.1, 0.15) is 36.7 Å². The number of halogens is 3. The summed E-state index contributed by atoms with van der Waals surface area (Å²) in [5.74, 6) is -0.216. The molecule has 0 aliphatic heterocycles. The molecule has 1 heterocycles. The van der Waals surface area contributed by atoms with Crippen molar-refractivity contribution in [3.63, 3.8) is 0 Å². The van der Waals surface area contributed by atoms with Gasteiger partial charge in [0.05, 0.1) is 12.4 Å². The van der Waals surface area contributed by atoms with Crippen LogP contribution in [0.15, 0.2) is 12.4 Å². The van der Waals surface area contributed by atoms with Crippen LogP contribution in [0, 0.1) is 0 Å². The number of carbonyl (C=O) groups excluding carboxylic acids is 1. The fraction of sp³-hybridized carbons (Fsp3) is 0.615. The minimum atomic E-state index is -4.41. The van der Waals surface area contributed by atoms with Crippen LogP contribution in [-0.2, 0) is 0 Å². The molecule has 8 heteroatoms. The molecule has 0 unspecified atom stereocenters. The molecule has 0 aromatic carbocycles. The number of rotatable bonds is 6. The monoisotopic (exact) mass is 302 g/mol. The molecule has 0 spiro atoms. The minimum absolute atomic E-state index is 0.0619. The Labute approximate surface area is 120 Å². The lowest BCUT2D eigenvalue weighted by Gasteiger charge is -2.23. The Hall–Kier alpha value is -1.86. The van der Waals surface area contributed by atoms with Crippen molar-refractivity contribution in [3.05, 3.63) is 18.1 Å². The van der Waals surface area contributed by atoms with Crippen LogP contribution in [0.5, 0.6) is 0 Å². The molecule has 0 bridgehead atoms. The molecule has 1 aliphatic rings. The summed E-state index contributed by atoms with van der Waals surface area (Å²) < 4.78 is 37.6. The van der Waals surface area contributed by atoms with E-state index in [1.807, 2.05) is 6.92 Å². The molecule has 0 saturated heterocycles. The molecule has 5 nitrogen and oxygen atoms in total. The van der Waals surface area contributed by atoms with Crippen LogP contribution in [-0.4, -0.2) is 46.1 Å². The number of aromatic nitrogens is 2. The normalized spacial score (nSPS) is 14.9. The highest BCUT2D eigenvalue weighted by Gasteiger charge is 2.41. The fourth-order valence-electron chi connectivity index (χ4n) is 1.88. The molecule has 1 amide bonds. The van der Waals surface area contributed by atoms with Crippen molar-refractivity contribution in [3.8, 4) is 0 Å². The highest BCUT2D eigenvalue weighted by molar-refractivity contribution is 5.92. The molecule has 2 rings (SSSR count). The average molecular weight is 302 g/mol. The van der Waals surface area contributed by atoms with Crippen molar-refractivity contribution in [2.75, 3.05) is 18.4 Å². The summed E-state index contributed by atoms with van der Waals surface area (Å²) in [6.45, 7) is 1.46. The summed E-state index contributed by atoms with van der Waals surface area (Å²) in [4.78, 5) is 20.9. The Kier molecular flexibility index (Phi) is 4.64. The van der Waals surface area contributed by atoms with Crippen molar-refractivity contribution in [2.24, 2.45) is 0 Å². The van der Waals surface area contributed by atoms with E-state index in [1.165, 1.54) is 12.4 Å². The Morgan fingerprint density at radius 1 is 1.38 bits per heavy atom. The zero-order chi connectivity index (χ0) is 15.5. The number of amides is 1. The highest BCUT2D eigenvalue weighted by Crippen LogP contribution is 2.31. The van der Waals surface area contributed by atoms with Crippen LogP contribution in [0.2, 0.25) is 0 Å². The van der Waals surface area contributed by atoms with E-state index < -0.39 is 18.6 Å². The zero-order valence-electron chi connectivity index (χ0n) is 11.7. The van der Waals surface area contributed by atoms with E-state index in [0.29, 0.717) is 25.2 Å². The van der Waals surface area contributed by atoms with Crippen LogP contribution in [0.3, 0.4) is 0 Å². The van der Waals surface area contributed by atoms with E-state index in [0.717, 1.165) is 11.3 Å². The largest absolute Gasteiger partial charge is 0.406 e. The maximum atomic E-state index is 12.5. The average Bonchev–Trinajstić information content (AvgIpc) is 3.26. The Morgan fingerprint density at radius 2 is 2.10 bits per heavy atom. The van der Waals surface area contributed by atoms with Gasteiger partial charge in [0, 0.05) is 12.6 Å². The van der Waals surface area contributed by atoms with Crippen molar-refractivity contribution < 1.29 is 18.0 Å². The molecule has 21 heavy (non-hydrogen) atoms. The SMILES string of the molecule is CCCNc1cnc(C(=O)N(CC(F)(F)F)C2CC2)cn1. The smallest absolute Gasteiger partial charge is 0.369 e.